The van der Waals surface area contributed by atoms with Crippen LogP contribution in [0.25, 0.3) is 10.8 Å². The molecular formula is C28H24ClN3O3S. The Labute approximate surface area is 215 Å². The standard InChI is InChI=1S/C28H24ClN3O3S/c1-19-5-15-25(16-6-19)36(34,35)32(24-13-11-23(29)12-14-24)18-27(33)31-30-17-22-10-9-21-8-7-20-3-2-4-26(22)28(20)21/h2-6,9-17H,7-8,18H2,1H3,(H,31,33)/b30-17+. The Morgan fingerprint density at radius 2 is 1.67 bits per heavy atom. The maximum atomic E-state index is 13.5. The minimum Gasteiger partial charge on any atom is -0.271 e. The Morgan fingerprint density at radius 3 is 2.39 bits per heavy atom. The number of hydrazone groups is 1. The van der Waals surface area contributed by atoms with Crippen LogP contribution in [0.1, 0.15) is 22.3 Å². The van der Waals surface area contributed by atoms with E-state index >= 15 is 0 Å². The monoisotopic (exact) mass is 517 g/mol. The van der Waals surface area contributed by atoms with Crippen LogP contribution in [-0.4, -0.2) is 27.1 Å². The van der Waals surface area contributed by atoms with E-state index in [0.717, 1.165) is 33.7 Å². The predicted molar refractivity (Wildman–Crippen MR) is 144 cm³/mol. The summed E-state index contributed by atoms with van der Waals surface area (Å²) in [5, 5.41) is 6.94. The minimum absolute atomic E-state index is 0.0900. The van der Waals surface area contributed by atoms with Gasteiger partial charge in [-0.3, -0.25) is 9.10 Å². The van der Waals surface area contributed by atoms with E-state index < -0.39 is 22.5 Å². The van der Waals surface area contributed by atoms with Crippen molar-refractivity contribution in [2.45, 2.75) is 24.7 Å². The predicted octanol–water partition coefficient (Wildman–Crippen LogP) is 5.25. The van der Waals surface area contributed by atoms with Crippen molar-refractivity contribution in [2.75, 3.05) is 10.8 Å². The molecule has 0 atom stereocenters. The number of carbonyl (C=O) groups excluding carboxylic acids is 1. The molecule has 0 spiro atoms. The summed E-state index contributed by atoms with van der Waals surface area (Å²) in [6.07, 6.45) is 3.65. The highest BCUT2D eigenvalue weighted by Crippen LogP contribution is 2.32. The summed E-state index contributed by atoms with van der Waals surface area (Å²) in [6, 6.07) is 23.1. The largest absolute Gasteiger partial charge is 0.271 e. The number of halogens is 1. The van der Waals surface area contributed by atoms with Gasteiger partial charge in [0.2, 0.25) is 0 Å². The Bertz CT molecular complexity index is 1570. The first-order chi connectivity index (χ1) is 17.3. The molecule has 0 fully saturated rings. The summed E-state index contributed by atoms with van der Waals surface area (Å²) < 4.78 is 28.0. The molecule has 0 unspecified atom stereocenters. The van der Waals surface area contributed by atoms with Gasteiger partial charge in [0.25, 0.3) is 15.9 Å². The molecule has 0 heterocycles. The number of benzene rings is 4. The molecule has 0 saturated heterocycles. The topological polar surface area (TPSA) is 78.8 Å². The summed E-state index contributed by atoms with van der Waals surface area (Å²) >= 11 is 6.00. The van der Waals surface area contributed by atoms with Crippen molar-refractivity contribution < 1.29 is 13.2 Å². The average molecular weight is 518 g/mol. The van der Waals surface area contributed by atoms with Crippen molar-refractivity contribution in [3.05, 3.63) is 106 Å². The first kappa shape index (κ1) is 24.0. The lowest BCUT2D eigenvalue weighted by Crippen LogP contribution is -2.39. The fourth-order valence-electron chi connectivity index (χ4n) is 4.48. The molecule has 1 aliphatic carbocycles. The van der Waals surface area contributed by atoms with Crippen molar-refractivity contribution in [3.8, 4) is 0 Å². The second-order valence-electron chi connectivity index (χ2n) is 8.75. The number of hydrogen-bond acceptors (Lipinski definition) is 4. The van der Waals surface area contributed by atoms with Gasteiger partial charge in [0, 0.05) is 10.6 Å². The zero-order valence-corrected chi connectivity index (χ0v) is 21.2. The van der Waals surface area contributed by atoms with Crippen molar-refractivity contribution in [2.24, 2.45) is 5.10 Å². The van der Waals surface area contributed by atoms with Crippen LogP contribution >= 0.6 is 11.6 Å². The third kappa shape index (κ3) is 4.72. The van der Waals surface area contributed by atoms with Gasteiger partial charge in [-0.25, -0.2) is 13.8 Å². The number of rotatable bonds is 7. The van der Waals surface area contributed by atoms with Crippen LogP contribution in [0.4, 0.5) is 5.69 Å². The third-order valence-electron chi connectivity index (χ3n) is 6.31. The average Bonchev–Trinajstić information content (AvgIpc) is 3.29. The van der Waals surface area contributed by atoms with E-state index in [9.17, 15) is 13.2 Å². The van der Waals surface area contributed by atoms with Gasteiger partial charge in [-0.1, -0.05) is 59.6 Å². The number of nitrogens with zero attached hydrogens (tertiary/aromatic N) is 2. The van der Waals surface area contributed by atoms with Crippen molar-refractivity contribution in [1.82, 2.24) is 5.43 Å². The Kier molecular flexibility index (Phi) is 6.51. The van der Waals surface area contributed by atoms with Gasteiger partial charge in [-0.15, -0.1) is 0 Å². The lowest BCUT2D eigenvalue weighted by Gasteiger charge is -2.23. The molecule has 6 nitrogen and oxygen atoms in total. The summed E-state index contributed by atoms with van der Waals surface area (Å²) in [4.78, 5) is 12.9. The summed E-state index contributed by atoms with van der Waals surface area (Å²) in [5.74, 6) is -0.567. The van der Waals surface area contributed by atoms with Gasteiger partial charge in [-0.05, 0) is 78.1 Å². The fraction of sp³-hybridized carbons (Fsp3) is 0.143. The first-order valence-electron chi connectivity index (χ1n) is 11.5. The Hall–Kier alpha value is -3.68. The molecule has 1 aliphatic rings. The molecule has 0 radical (unpaired) electrons. The van der Waals surface area contributed by atoms with Crippen molar-refractivity contribution in [1.29, 1.82) is 0 Å². The third-order valence-corrected chi connectivity index (χ3v) is 8.35. The van der Waals surface area contributed by atoms with Gasteiger partial charge < -0.3 is 0 Å². The van der Waals surface area contributed by atoms with Crippen LogP contribution < -0.4 is 9.73 Å². The maximum absolute atomic E-state index is 13.5. The maximum Gasteiger partial charge on any atom is 0.264 e. The first-order valence-corrected chi connectivity index (χ1v) is 13.3. The molecule has 1 amide bonds. The van der Waals surface area contributed by atoms with Crippen LogP contribution in [0.5, 0.6) is 0 Å². The van der Waals surface area contributed by atoms with Gasteiger partial charge in [0.1, 0.15) is 6.54 Å². The normalized spacial score (nSPS) is 12.8. The van der Waals surface area contributed by atoms with Crippen LogP contribution in [0.2, 0.25) is 5.02 Å². The number of hydrogen-bond donors (Lipinski definition) is 1. The van der Waals surface area contributed by atoms with Crippen molar-refractivity contribution >= 4 is 50.2 Å². The van der Waals surface area contributed by atoms with E-state index in [1.54, 1.807) is 42.6 Å². The number of anilines is 1. The zero-order valence-electron chi connectivity index (χ0n) is 19.6. The van der Waals surface area contributed by atoms with Gasteiger partial charge >= 0.3 is 0 Å². The molecule has 4 aromatic carbocycles. The summed E-state index contributed by atoms with van der Waals surface area (Å²) in [6.45, 7) is 1.43. The fourth-order valence-corrected chi connectivity index (χ4v) is 6.03. The van der Waals surface area contributed by atoms with E-state index in [-0.39, 0.29) is 4.90 Å². The van der Waals surface area contributed by atoms with Gasteiger partial charge in [0.05, 0.1) is 16.8 Å². The van der Waals surface area contributed by atoms with Gasteiger partial charge in [-0.2, -0.15) is 5.10 Å². The highest BCUT2D eigenvalue weighted by atomic mass is 35.5. The molecule has 36 heavy (non-hydrogen) atoms. The van der Waals surface area contributed by atoms with Crippen LogP contribution in [0, 0.1) is 6.92 Å². The highest BCUT2D eigenvalue weighted by Gasteiger charge is 2.27. The van der Waals surface area contributed by atoms with Crippen LogP contribution in [-0.2, 0) is 27.7 Å². The molecule has 8 heteroatoms. The number of sulfonamides is 1. The molecule has 4 aromatic rings. The molecule has 0 aliphatic heterocycles. The minimum atomic E-state index is -4.01. The Morgan fingerprint density at radius 1 is 0.972 bits per heavy atom. The number of nitrogens with one attached hydrogen (secondary N) is 1. The number of carbonyl (C=O) groups is 1. The summed E-state index contributed by atoms with van der Waals surface area (Å²) in [7, 11) is -4.01. The van der Waals surface area contributed by atoms with Crippen molar-refractivity contribution in [3.63, 3.8) is 0 Å². The molecule has 182 valence electrons. The van der Waals surface area contributed by atoms with E-state index in [4.69, 9.17) is 11.6 Å². The van der Waals surface area contributed by atoms with E-state index in [2.05, 4.69) is 22.7 Å². The van der Waals surface area contributed by atoms with Crippen LogP contribution in [0.3, 0.4) is 0 Å². The second kappa shape index (κ2) is 9.76. The lowest BCUT2D eigenvalue weighted by molar-refractivity contribution is -0.119. The molecule has 0 saturated carbocycles. The van der Waals surface area contributed by atoms with E-state index in [1.165, 1.54) is 28.6 Å². The Balaban J connectivity index is 1.38. The number of amides is 1. The SMILES string of the molecule is Cc1ccc(S(=O)(=O)N(CC(=O)N/N=C/c2ccc3c4c(cccc24)CC3)c2ccc(Cl)cc2)cc1. The second-order valence-corrected chi connectivity index (χ2v) is 11.0. The number of aryl methyl sites for hydroxylation is 3. The van der Waals surface area contributed by atoms with E-state index in [1.807, 2.05) is 25.1 Å². The van der Waals surface area contributed by atoms with E-state index in [0.29, 0.717) is 10.7 Å². The molecule has 0 bridgehead atoms. The zero-order chi connectivity index (χ0) is 25.3. The van der Waals surface area contributed by atoms with Crippen LogP contribution in [0.15, 0.2) is 88.9 Å². The smallest absolute Gasteiger partial charge is 0.264 e. The van der Waals surface area contributed by atoms with Gasteiger partial charge in [0.15, 0.2) is 0 Å². The highest BCUT2D eigenvalue weighted by molar-refractivity contribution is 7.92. The quantitative estimate of drug-likeness (QED) is 0.269. The summed E-state index contributed by atoms with van der Waals surface area (Å²) in [5.41, 5.74) is 7.27. The molecular weight excluding hydrogens is 494 g/mol. The lowest BCUT2D eigenvalue weighted by atomic mass is 10.0. The molecule has 1 N–H and O–H groups in total. The molecule has 0 aromatic heterocycles. The molecule has 5 rings (SSSR count).